The third-order valence-corrected chi connectivity index (χ3v) is 5.22. The second-order valence-corrected chi connectivity index (χ2v) is 6.71. The highest BCUT2D eigenvalue weighted by Crippen LogP contribution is 2.37. The van der Waals surface area contributed by atoms with Gasteiger partial charge in [-0.05, 0) is 37.8 Å². The van der Waals surface area contributed by atoms with Gasteiger partial charge in [-0.15, -0.1) is 6.58 Å². The van der Waals surface area contributed by atoms with Gasteiger partial charge in [-0.2, -0.15) is 0 Å². The highest BCUT2D eigenvalue weighted by Gasteiger charge is 2.45. The van der Waals surface area contributed by atoms with Gasteiger partial charge in [0.05, 0.1) is 5.54 Å². The van der Waals surface area contributed by atoms with Crippen LogP contribution in [0.1, 0.15) is 42.6 Å². The van der Waals surface area contributed by atoms with Gasteiger partial charge in [0.25, 0.3) is 5.91 Å². The first-order valence-corrected chi connectivity index (χ1v) is 8.39. The maximum Gasteiger partial charge on any atom is 0.270 e. The summed E-state index contributed by atoms with van der Waals surface area (Å²) in [7, 11) is 1.89. The number of hydrogen-bond donors (Lipinski definition) is 0. The molecule has 1 spiro atoms. The first-order chi connectivity index (χ1) is 11.1. The zero-order valence-electron chi connectivity index (χ0n) is 13.8. The Morgan fingerprint density at radius 3 is 2.87 bits per heavy atom. The topological polar surface area (TPSA) is 45.6 Å². The molecule has 0 N–H and O–H groups in total. The molecule has 0 saturated carbocycles. The molecule has 3 heterocycles. The van der Waals surface area contributed by atoms with Crippen molar-refractivity contribution in [1.82, 2.24) is 14.4 Å². The lowest BCUT2D eigenvalue weighted by Gasteiger charge is -2.51. The molecule has 23 heavy (non-hydrogen) atoms. The second-order valence-electron chi connectivity index (χ2n) is 6.71. The molecule has 2 aliphatic rings. The van der Waals surface area contributed by atoms with Gasteiger partial charge < -0.3 is 14.4 Å². The van der Waals surface area contributed by atoms with Gasteiger partial charge in [0.1, 0.15) is 5.69 Å². The Balaban J connectivity index is 1.84. The Morgan fingerprint density at radius 2 is 2.17 bits per heavy atom. The number of carbonyl (C=O) groups excluding carboxylic acids is 2. The van der Waals surface area contributed by atoms with Crippen molar-refractivity contribution in [1.29, 1.82) is 0 Å². The minimum atomic E-state index is -0.206. The fraction of sp³-hybridized carbons (Fsp3) is 0.556. The molecule has 2 aliphatic heterocycles. The number of aromatic nitrogens is 1. The molecule has 2 saturated heterocycles. The highest BCUT2D eigenvalue weighted by molar-refractivity contribution is 5.93. The molecule has 5 nitrogen and oxygen atoms in total. The Bertz CT molecular complexity index is 618. The van der Waals surface area contributed by atoms with E-state index in [0.29, 0.717) is 25.2 Å². The van der Waals surface area contributed by atoms with Crippen molar-refractivity contribution < 1.29 is 9.59 Å². The molecule has 0 aliphatic carbocycles. The number of aryl methyl sites for hydroxylation is 1. The number of piperidine rings is 2. The standard InChI is InChI=1S/C18H25N3O2/c1-3-11-21-16(22)8-4-9-18(21)10-6-13-20(14-18)17(23)15-7-5-12-19(15)2/h3,5,7,12H,1,4,6,8-11,13-14H2,2H3/t18-/m0/s1. The van der Waals surface area contributed by atoms with Crippen LogP contribution in [0.2, 0.25) is 0 Å². The van der Waals surface area contributed by atoms with E-state index in [1.165, 1.54) is 0 Å². The van der Waals surface area contributed by atoms with Crippen LogP contribution in [0.25, 0.3) is 0 Å². The Kier molecular flexibility index (Phi) is 4.28. The Hall–Kier alpha value is -2.04. The van der Waals surface area contributed by atoms with Crippen LogP contribution in [0.3, 0.4) is 0 Å². The van der Waals surface area contributed by atoms with E-state index >= 15 is 0 Å². The summed E-state index contributed by atoms with van der Waals surface area (Å²) in [5.74, 6) is 0.262. The van der Waals surface area contributed by atoms with Crippen molar-refractivity contribution >= 4 is 11.8 Å². The van der Waals surface area contributed by atoms with Crippen molar-refractivity contribution in [2.45, 2.75) is 37.6 Å². The number of rotatable bonds is 3. The van der Waals surface area contributed by atoms with Gasteiger partial charge in [0.2, 0.25) is 5.91 Å². The van der Waals surface area contributed by atoms with Crippen molar-refractivity contribution in [3.05, 3.63) is 36.7 Å². The highest BCUT2D eigenvalue weighted by atomic mass is 16.2. The summed E-state index contributed by atoms with van der Waals surface area (Å²) >= 11 is 0. The van der Waals surface area contributed by atoms with Gasteiger partial charge in [-0.3, -0.25) is 9.59 Å². The molecule has 1 aromatic rings. The van der Waals surface area contributed by atoms with Gasteiger partial charge >= 0.3 is 0 Å². The zero-order valence-corrected chi connectivity index (χ0v) is 13.8. The lowest BCUT2D eigenvalue weighted by Crippen LogP contribution is -2.63. The van der Waals surface area contributed by atoms with E-state index in [4.69, 9.17) is 0 Å². The molecular weight excluding hydrogens is 290 g/mol. The van der Waals surface area contributed by atoms with Crippen LogP contribution in [0.5, 0.6) is 0 Å². The largest absolute Gasteiger partial charge is 0.347 e. The van der Waals surface area contributed by atoms with Crippen LogP contribution < -0.4 is 0 Å². The number of nitrogens with zero attached hydrogens (tertiary/aromatic N) is 3. The third-order valence-electron chi connectivity index (χ3n) is 5.22. The lowest BCUT2D eigenvalue weighted by molar-refractivity contribution is -0.143. The molecular formula is C18H25N3O2. The Labute approximate surface area is 137 Å². The van der Waals surface area contributed by atoms with Crippen molar-refractivity contribution in [3.8, 4) is 0 Å². The van der Waals surface area contributed by atoms with Crippen LogP contribution in [0.15, 0.2) is 31.0 Å². The molecule has 2 fully saturated rings. The molecule has 1 atom stereocenters. The molecule has 0 unspecified atom stereocenters. The van der Waals surface area contributed by atoms with Gasteiger partial charge in [0, 0.05) is 39.3 Å². The van der Waals surface area contributed by atoms with Crippen LogP contribution in [-0.2, 0) is 11.8 Å². The van der Waals surface area contributed by atoms with E-state index in [-0.39, 0.29) is 17.4 Å². The monoisotopic (exact) mass is 315 g/mol. The fourth-order valence-electron chi connectivity index (χ4n) is 4.08. The average molecular weight is 315 g/mol. The summed E-state index contributed by atoms with van der Waals surface area (Å²) in [6.45, 7) is 5.77. The maximum atomic E-state index is 12.8. The summed E-state index contributed by atoms with van der Waals surface area (Å²) in [6, 6.07) is 3.75. The molecule has 3 rings (SSSR count). The predicted octanol–water partition coefficient (Wildman–Crippen LogP) is 2.20. The minimum Gasteiger partial charge on any atom is -0.347 e. The molecule has 124 valence electrons. The minimum absolute atomic E-state index is 0.0631. The van der Waals surface area contributed by atoms with E-state index in [1.54, 1.807) is 6.08 Å². The molecule has 5 heteroatoms. The predicted molar refractivity (Wildman–Crippen MR) is 89.0 cm³/mol. The number of hydrogen-bond acceptors (Lipinski definition) is 2. The summed E-state index contributed by atoms with van der Waals surface area (Å²) in [5.41, 5.74) is 0.502. The lowest BCUT2D eigenvalue weighted by atomic mass is 9.79. The first-order valence-electron chi connectivity index (χ1n) is 8.39. The molecule has 0 bridgehead atoms. The quantitative estimate of drug-likeness (QED) is 0.803. The van der Waals surface area contributed by atoms with Crippen LogP contribution in [0, 0.1) is 0 Å². The molecule has 2 amide bonds. The first kappa shape index (κ1) is 15.8. The van der Waals surface area contributed by atoms with Gasteiger partial charge in [-0.1, -0.05) is 6.08 Å². The molecule has 0 aromatic carbocycles. The molecule has 0 radical (unpaired) electrons. The van der Waals surface area contributed by atoms with Crippen molar-refractivity contribution in [3.63, 3.8) is 0 Å². The number of carbonyl (C=O) groups is 2. The van der Waals surface area contributed by atoms with Gasteiger partial charge in [-0.25, -0.2) is 0 Å². The second kappa shape index (κ2) is 6.22. The normalized spacial score (nSPS) is 25.0. The SMILES string of the molecule is C=CCN1C(=O)CCC[C@@]12CCCN(C(=O)c1cccn1C)C2. The summed E-state index contributed by atoms with van der Waals surface area (Å²) < 4.78 is 1.86. The smallest absolute Gasteiger partial charge is 0.270 e. The van der Waals surface area contributed by atoms with Crippen LogP contribution in [0.4, 0.5) is 0 Å². The van der Waals surface area contributed by atoms with E-state index in [9.17, 15) is 9.59 Å². The summed E-state index contributed by atoms with van der Waals surface area (Å²) in [5, 5.41) is 0. The van der Waals surface area contributed by atoms with E-state index in [1.807, 2.05) is 39.7 Å². The van der Waals surface area contributed by atoms with Crippen molar-refractivity contribution in [2.24, 2.45) is 7.05 Å². The van der Waals surface area contributed by atoms with Crippen molar-refractivity contribution in [2.75, 3.05) is 19.6 Å². The number of amides is 2. The summed E-state index contributed by atoms with van der Waals surface area (Å²) in [6.07, 6.45) is 8.11. The van der Waals surface area contributed by atoms with E-state index in [2.05, 4.69) is 6.58 Å². The average Bonchev–Trinajstić information content (AvgIpc) is 2.97. The Morgan fingerprint density at radius 1 is 1.39 bits per heavy atom. The fourth-order valence-corrected chi connectivity index (χ4v) is 4.08. The van der Waals surface area contributed by atoms with E-state index in [0.717, 1.165) is 32.2 Å². The van der Waals surface area contributed by atoms with Crippen LogP contribution >= 0.6 is 0 Å². The molecule has 1 aromatic heterocycles. The number of likely N-dealkylation sites (tertiary alicyclic amines) is 2. The van der Waals surface area contributed by atoms with E-state index < -0.39 is 0 Å². The maximum absolute atomic E-state index is 12.8. The van der Waals surface area contributed by atoms with Gasteiger partial charge in [0.15, 0.2) is 0 Å². The summed E-state index contributed by atoms with van der Waals surface area (Å²) in [4.78, 5) is 29.1. The third kappa shape index (κ3) is 2.80. The van der Waals surface area contributed by atoms with Crippen LogP contribution in [-0.4, -0.2) is 51.4 Å². The zero-order chi connectivity index (χ0) is 16.4.